The van der Waals surface area contributed by atoms with E-state index in [1.54, 1.807) is 36.2 Å². The molecule has 1 N–H and O–H groups in total. The average Bonchev–Trinajstić information content (AvgIpc) is 2.75. The van der Waals surface area contributed by atoms with Gasteiger partial charge in [-0.15, -0.1) is 0 Å². The molecule has 3 amide bonds. The van der Waals surface area contributed by atoms with Crippen LogP contribution in [0.2, 0.25) is 0 Å². The van der Waals surface area contributed by atoms with Gasteiger partial charge in [0.25, 0.3) is 5.91 Å². The number of hydrogen-bond donors (Lipinski definition) is 1. The standard InChI is InChI=1S/C21H23N3O3/c1-14-8-4-5-9-16(14)21(27)23(3)13-20(26)24-15(2)12-19(25)22-17-10-6-7-11-18(17)24/h4-11,15H,12-13H2,1-3H3,(H,22,25). The van der Waals surface area contributed by atoms with Gasteiger partial charge >= 0.3 is 0 Å². The van der Waals surface area contributed by atoms with Crippen molar-refractivity contribution >= 4 is 29.1 Å². The first-order chi connectivity index (χ1) is 12.9. The van der Waals surface area contributed by atoms with Crippen LogP contribution < -0.4 is 10.2 Å². The molecule has 0 spiro atoms. The number of nitrogens with zero attached hydrogens (tertiary/aromatic N) is 2. The summed E-state index contributed by atoms with van der Waals surface area (Å²) >= 11 is 0. The van der Waals surface area contributed by atoms with Crippen LogP contribution in [0.3, 0.4) is 0 Å². The zero-order valence-corrected chi connectivity index (χ0v) is 15.7. The fourth-order valence-corrected chi connectivity index (χ4v) is 3.34. The highest BCUT2D eigenvalue weighted by Crippen LogP contribution is 2.31. The number of para-hydroxylation sites is 2. The van der Waals surface area contributed by atoms with Crippen LogP contribution in [0.15, 0.2) is 48.5 Å². The van der Waals surface area contributed by atoms with Gasteiger partial charge in [-0.3, -0.25) is 14.4 Å². The summed E-state index contributed by atoms with van der Waals surface area (Å²) in [5.41, 5.74) is 2.70. The number of amides is 3. The topological polar surface area (TPSA) is 69.7 Å². The van der Waals surface area contributed by atoms with Crippen molar-refractivity contribution in [2.24, 2.45) is 0 Å². The van der Waals surface area contributed by atoms with Crippen molar-refractivity contribution in [3.05, 3.63) is 59.7 Å². The highest BCUT2D eigenvalue weighted by molar-refractivity contribution is 6.06. The van der Waals surface area contributed by atoms with Crippen molar-refractivity contribution in [1.82, 2.24) is 4.90 Å². The Kier molecular flexibility index (Phi) is 5.26. The summed E-state index contributed by atoms with van der Waals surface area (Å²) in [4.78, 5) is 40.9. The molecule has 27 heavy (non-hydrogen) atoms. The molecule has 140 valence electrons. The molecule has 3 rings (SSSR count). The molecule has 1 aliphatic heterocycles. The van der Waals surface area contributed by atoms with E-state index >= 15 is 0 Å². The third-order valence-electron chi connectivity index (χ3n) is 4.72. The highest BCUT2D eigenvalue weighted by atomic mass is 16.2. The van der Waals surface area contributed by atoms with Crippen LogP contribution in [0.1, 0.15) is 29.3 Å². The number of carbonyl (C=O) groups is 3. The number of anilines is 2. The number of benzene rings is 2. The molecule has 0 saturated carbocycles. The lowest BCUT2D eigenvalue weighted by atomic mass is 10.1. The molecule has 0 fully saturated rings. The molecule has 6 heteroatoms. The van der Waals surface area contributed by atoms with Crippen molar-refractivity contribution < 1.29 is 14.4 Å². The number of aryl methyl sites for hydroxylation is 1. The summed E-state index contributed by atoms with van der Waals surface area (Å²) < 4.78 is 0. The molecule has 0 aliphatic carbocycles. The minimum atomic E-state index is -0.303. The maximum Gasteiger partial charge on any atom is 0.254 e. The Hall–Kier alpha value is -3.15. The highest BCUT2D eigenvalue weighted by Gasteiger charge is 2.30. The third kappa shape index (κ3) is 3.84. The summed E-state index contributed by atoms with van der Waals surface area (Å²) in [5.74, 6) is -0.558. The second-order valence-corrected chi connectivity index (χ2v) is 6.86. The summed E-state index contributed by atoms with van der Waals surface area (Å²) in [6.45, 7) is 3.63. The number of nitrogens with one attached hydrogen (secondary N) is 1. The number of likely N-dealkylation sites (N-methyl/N-ethyl adjacent to an activating group) is 1. The molecule has 1 aliphatic rings. The first-order valence-electron chi connectivity index (χ1n) is 8.90. The Bertz CT molecular complexity index is 894. The van der Waals surface area contributed by atoms with Gasteiger partial charge in [-0.05, 0) is 37.6 Å². The SMILES string of the molecule is Cc1ccccc1C(=O)N(C)CC(=O)N1c2ccccc2NC(=O)CC1C. The zero-order valence-electron chi connectivity index (χ0n) is 15.7. The Morgan fingerprint density at radius 2 is 1.81 bits per heavy atom. The Morgan fingerprint density at radius 1 is 1.15 bits per heavy atom. The molecule has 0 bridgehead atoms. The largest absolute Gasteiger partial charge is 0.332 e. The van der Waals surface area contributed by atoms with Gasteiger partial charge in [0.2, 0.25) is 11.8 Å². The van der Waals surface area contributed by atoms with Crippen LogP contribution >= 0.6 is 0 Å². The molecule has 2 aromatic carbocycles. The molecule has 2 aromatic rings. The van der Waals surface area contributed by atoms with Crippen molar-refractivity contribution in [3.63, 3.8) is 0 Å². The molecule has 0 saturated heterocycles. The monoisotopic (exact) mass is 365 g/mol. The molecule has 0 radical (unpaired) electrons. The molecule has 1 atom stereocenters. The maximum absolute atomic E-state index is 13.1. The second-order valence-electron chi connectivity index (χ2n) is 6.86. The van der Waals surface area contributed by atoms with Crippen molar-refractivity contribution in [1.29, 1.82) is 0 Å². The van der Waals surface area contributed by atoms with Gasteiger partial charge in [0.1, 0.15) is 6.54 Å². The maximum atomic E-state index is 13.1. The number of rotatable bonds is 3. The van der Waals surface area contributed by atoms with Crippen LogP contribution in [0, 0.1) is 6.92 Å². The van der Waals surface area contributed by atoms with Gasteiger partial charge in [-0.25, -0.2) is 0 Å². The fraction of sp³-hybridized carbons (Fsp3) is 0.286. The van der Waals surface area contributed by atoms with Gasteiger partial charge < -0.3 is 15.1 Å². The van der Waals surface area contributed by atoms with E-state index in [1.165, 1.54) is 4.90 Å². The molecule has 6 nitrogen and oxygen atoms in total. The first kappa shape index (κ1) is 18.6. The summed E-state index contributed by atoms with van der Waals surface area (Å²) in [6.07, 6.45) is 0.204. The quantitative estimate of drug-likeness (QED) is 0.909. The fourth-order valence-electron chi connectivity index (χ4n) is 3.34. The van der Waals surface area contributed by atoms with E-state index in [0.717, 1.165) is 5.56 Å². The van der Waals surface area contributed by atoms with E-state index in [2.05, 4.69) is 5.32 Å². The zero-order chi connectivity index (χ0) is 19.6. The molecular formula is C21H23N3O3. The van der Waals surface area contributed by atoms with E-state index in [4.69, 9.17) is 0 Å². The van der Waals surface area contributed by atoms with E-state index in [1.807, 2.05) is 38.1 Å². The molecule has 1 heterocycles. The van der Waals surface area contributed by atoms with E-state index in [9.17, 15) is 14.4 Å². The van der Waals surface area contributed by atoms with Crippen LogP contribution in [0.4, 0.5) is 11.4 Å². The summed E-state index contributed by atoms with van der Waals surface area (Å²) in [6, 6.07) is 14.2. The van der Waals surface area contributed by atoms with Crippen molar-refractivity contribution in [3.8, 4) is 0 Å². The number of hydrogen-bond acceptors (Lipinski definition) is 3. The van der Waals surface area contributed by atoms with E-state index in [0.29, 0.717) is 16.9 Å². The minimum Gasteiger partial charge on any atom is -0.332 e. The van der Waals surface area contributed by atoms with Crippen LogP contribution in [-0.2, 0) is 9.59 Å². The van der Waals surface area contributed by atoms with Crippen molar-refractivity contribution in [2.45, 2.75) is 26.3 Å². The van der Waals surface area contributed by atoms with Gasteiger partial charge in [0, 0.05) is 25.1 Å². The number of carbonyl (C=O) groups excluding carboxylic acids is 3. The van der Waals surface area contributed by atoms with Crippen LogP contribution in [-0.4, -0.2) is 42.3 Å². The predicted molar refractivity (Wildman–Crippen MR) is 105 cm³/mol. The minimum absolute atomic E-state index is 0.0694. The first-order valence-corrected chi connectivity index (χ1v) is 8.90. The smallest absolute Gasteiger partial charge is 0.254 e. The molecule has 1 unspecified atom stereocenters. The van der Waals surface area contributed by atoms with Gasteiger partial charge in [0.05, 0.1) is 11.4 Å². The van der Waals surface area contributed by atoms with E-state index < -0.39 is 0 Å². The predicted octanol–water partition coefficient (Wildman–Crippen LogP) is 2.83. The number of fused-ring (bicyclic) bond motifs is 1. The Balaban J connectivity index is 1.83. The normalized spacial score (nSPS) is 16.2. The van der Waals surface area contributed by atoms with Gasteiger partial charge in [-0.2, -0.15) is 0 Å². The van der Waals surface area contributed by atoms with Crippen molar-refractivity contribution in [2.75, 3.05) is 23.8 Å². The average molecular weight is 365 g/mol. The lowest BCUT2D eigenvalue weighted by molar-refractivity contribution is -0.119. The molecule has 0 aromatic heterocycles. The summed E-state index contributed by atoms with van der Waals surface area (Å²) in [5, 5.41) is 2.83. The van der Waals surface area contributed by atoms with E-state index in [-0.39, 0.29) is 36.7 Å². The Labute approximate surface area is 158 Å². The van der Waals surface area contributed by atoms with Gasteiger partial charge in [0.15, 0.2) is 0 Å². The van der Waals surface area contributed by atoms with Gasteiger partial charge in [-0.1, -0.05) is 30.3 Å². The van der Waals surface area contributed by atoms with Crippen LogP contribution in [0.25, 0.3) is 0 Å². The Morgan fingerprint density at radius 3 is 2.56 bits per heavy atom. The lowest BCUT2D eigenvalue weighted by Crippen LogP contribution is -2.45. The van der Waals surface area contributed by atoms with Crippen LogP contribution in [0.5, 0.6) is 0 Å². The second kappa shape index (κ2) is 7.61. The lowest BCUT2D eigenvalue weighted by Gasteiger charge is -2.30. The molecular weight excluding hydrogens is 342 g/mol. The third-order valence-corrected chi connectivity index (χ3v) is 4.72. The summed E-state index contributed by atoms with van der Waals surface area (Å²) in [7, 11) is 1.62.